The largest absolute Gasteiger partial charge is 0.389 e. The predicted octanol–water partition coefficient (Wildman–Crippen LogP) is -1.93. The summed E-state index contributed by atoms with van der Waals surface area (Å²) in [6, 6.07) is 0. The van der Waals surface area contributed by atoms with Crippen LogP contribution in [0, 0.1) is 0 Å². The van der Waals surface area contributed by atoms with Gasteiger partial charge >= 0.3 is 0 Å². The minimum Gasteiger partial charge on any atom is -0.389 e. The first-order valence-corrected chi connectivity index (χ1v) is 2.91. The molecule has 62 valence electrons. The van der Waals surface area contributed by atoms with Gasteiger partial charge < -0.3 is 10.2 Å². The van der Waals surface area contributed by atoms with E-state index in [1.807, 2.05) is 0 Å². The second-order valence-electron chi connectivity index (χ2n) is 1.94. The van der Waals surface area contributed by atoms with Gasteiger partial charge in [0.15, 0.2) is 12.1 Å². The molecule has 0 spiro atoms. The summed E-state index contributed by atoms with van der Waals surface area (Å²) >= 11 is 0. The summed E-state index contributed by atoms with van der Waals surface area (Å²) in [7, 11) is 0. The lowest BCUT2D eigenvalue weighted by Gasteiger charge is -2.01. The number of aliphatic hydroxyl groups is 2. The molecule has 0 aliphatic carbocycles. The number of Topliss-reactive ketones (excluding diaryl/α,β-unsaturated/α-hetero) is 2. The summed E-state index contributed by atoms with van der Waals surface area (Å²) in [6.45, 7) is -0.733. The molecule has 1 atom stereocenters. The van der Waals surface area contributed by atoms with Crippen molar-refractivity contribution in [1.29, 1.82) is 0 Å². The van der Waals surface area contributed by atoms with E-state index in [1.54, 1.807) is 0 Å². The number of aldehydes is 1. The van der Waals surface area contributed by atoms with E-state index in [-0.39, 0.29) is 6.29 Å². The van der Waals surface area contributed by atoms with Crippen LogP contribution >= 0.6 is 0 Å². The Hall–Kier alpha value is -1.07. The third-order valence-electron chi connectivity index (χ3n) is 1.04. The van der Waals surface area contributed by atoms with Crippen molar-refractivity contribution >= 4 is 17.9 Å². The molecule has 0 heterocycles. The van der Waals surface area contributed by atoms with Gasteiger partial charge in [-0.25, -0.2) is 0 Å². The number of hydrogen-bond acceptors (Lipinski definition) is 5. The second-order valence-corrected chi connectivity index (χ2v) is 1.94. The summed E-state index contributed by atoms with van der Waals surface area (Å²) in [5, 5.41) is 16.9. The molecule has 5 nitrogen and oxygen atoms in total. The molecule has 0 saturated heterocycles. The zero-order chi connectivity index (χ0) is 8.85. The van der Waals surface area contributed by atoms with Crippen molar-refractivity contribution in [1.82, 2.24) is 0 Å². The van der Waals surface area contributed by atoms with E-state index in [4.69, 9.17) is 10.2 Å². The number of carbonyl (C=O) groups is 3. The average molecular weight is 160 g/mol. The van der Waals surface area contributed by atoms with Crippen molar-refractivity contribution < 1.29 is 24.6 Å². The van der Waals surface area contributed by atoms with Crippen molar-refractivity contribution in [3.05, 3.63) is 0 Å². The van der Waals surface area contributed by atoms with Crippen LogP contribution in [0.1, 0.15) is 6.42 Å². The molecular formula is C6H8O5. The van der Waals surface area contributed by atoms with Crippen molar-refractivity contribution in [3.63, 3.8) is 0 Å². The smallest absolute Gasteiger partial charge is 0.223 e. The molecule has 0 radical (unpaired) electrons. The van der Waals surface area contributed by atoms with Gasteiger partial charge in [-0.05, 0) is 0 Å². The highest BCUT2D eigenvalue weighted by molar-refractivity contribution is 6.27. The summed E-state index contributed by atoms with van der Waals surface area (Å²) in [5.74, 6) is -1.72. The first-order valence-electron chi connectivity index (χ1n) is 2.91. The zero-order valence-electron chi connectivity index (χ0n) is 5.69. The molecular weight excluding hydrogens is 152 g/mol. The van der Waals surface area contributed by atoms with E-state index in [0.717, 1.165) is 0 Å². The second kappa shape index (κ2) is 4.70. The first kappa shape index (κ1) is 9.93. The third kappa shape index (κ3) is 3.59. The van der Waals surface area contributed by atoms with Crippen molar-refractivity contribution in [2.75, 3.05) is 6.61 Å². The molecule has 0 saturated carbocycles. The van der Waals surface area contributed by atoms with Crippen LogP contribution in [0.4, 0.5) is 0 Å². The van der Waals surface area contributed by atoms with Gasteiger partial charge in [0.05, 0.1) is 0 Å². The van der Waals surface area contributed by atoms with Crippen LogP contribution in [0.5, 0.6) is 0 Å². The van der Waals surface area contributed by atoms with Gasteiger partial charge in [-0.2, -0.15) is 0 Å². The van der Waals surface area contributed by atoms with Crippen LogP contribution in [0.25, 0.3) is 0 Å². The quantitative estimate of drug-likeness (QED) is 0.361. The lowest BCUT2D eigenvalue weighted by atomic mass is 10.1. The predicted molar refractivity (Wildman–Crippen MR) is 33.8 cm³/mol. The lowest BCUT2D eigenvalue weighted by Crippen LogP contribution is -2.25. The Balaban J connectivity index is 3.86. The first-order chi connectivity index (χ1) is 5.11. The van der Waals surface area contributed by atoms with Gasteiger partial charge in [-0.1, -0.05) is 0 Å². The monoisotopic (exact) mass is 160 g/mol. The molecule has 0 aliphatic rings. The average Bonchev–Trinajstić information content (AvgIpc) is 2.02. The molecule has 5 heteroatoms. The molecule has 0 aliphatic heterocycles. The number of aliphatic hydroxyl groups excluding tert-OH is 2. The summed E-state index contributed by atoms with van der Waals surface area (Å²) in [4.78, 5) is 30.4. The molecule has 0 fully saturated rings. The maximum absolute atomic E-state index is 10.4. The number of ketones is 2. The van der Waals surface area contributed by atoms with Gasteiger partial charge in [-0.3, -0.25) is 14.4 Å². The molecule has 0 aromatic rings. The van der Waals surface area contributed by atoms with Crippen molar-refractivity contribution in [2.24, 2.45) is 0 Å². The molecule has 2 N–H and O–H groups in total. The van der Waals surface area contributed by atoms with Crippen molar-refractivity contribution in [3.8, 4) is 0 Å². The Bertz CT molecular complexity index is 174. The Morgan fingerprint density at radius 3 is 2.36 bits per heavy atom. The SMILES string of the molecule is O=CC(=O)[C@@H](O)CC(=O)CO. The highest BCUT2D eigenvalue weighted by Crippen LogP contribution is 1.92. The molecule has 11 heavy (non-hydrogen) atoms. The highest BCUT2D eigenvalue weighted by atomic mass is 16.3. The summed E-state index contributed by atoms with van der Waals surface area (Å²) in [5.41, 5.74) is 0. The topological polar surface area (TPSA) is 91.7 Å². The van der Waals surface area contributed by atoms with E-state index in [9.17, 15) is 14.4 Å². The summed E-state index contributed by atoms with van der Waals surface area (Å²) < 4.78 is 0. The molecule has 0 rings (SSSR count). The number of rotatable bonds is 5. The maximum atomic E-state index is 10.4. The van der Waals surface area contributed by atoms with Gasteiger partial charge in [0.1, 0.15) is 12.7 Å². The molecule has 0 aromatic heterocycles. The van der Waals surface area contributed by atoms with Gasteiger partial charge in [0.2, 0.25) is 5.78 Å². The summed E-state index contributed by atoms with van der Waals surface area (Å²) in [6.07, 6.45) is -2.17. The normalized spacial score (nSPS) is 12.2. The lowest BCUT2D eigenvalue weighted by molar-refractivity contribution is -0.138. The van der Waals surface area contributed by atoms with Crippen LogP contribution in [-0.2, 0) is 14.4 Å². The maximum Gasteiger partial charge on any atom is 0.223 e. The van der Waals surface area contributed by atoms with E-state index in [0.29, 0.717) is 0 Å². The van der Waals surface area contributed by atoms with Crippen LogP contribution in [0.2, 0.25) is 0 Å². The van der Waals surface area contributed by atoms with Crippen LogP contribution in [0.15, 0.2) is 0 Å². The van der Waals surface area contributed by atoms with Crippen LogP contribution in [-0.4, -0.2) is 40.8 Å². The van der Waals surface area contributed by atoms with E-state index < -0.39 is 30.7 Å². The van der Waals surface area contributed by atoms with Crippen LogP contribution in [0.3, 0.4) is 0 Å². The van der Waals surface area contributed by atoms with Gasteiger partial charge in [0, 0.05) is 6.42 Å². The van der Waals surface area contributed by atoms with Crippen LogP contribution < -0.4 is 0 Å². The van der Waals surface area contributed by atoms with Gasteiger partial charge in [0.25, 0.3) is 0 Å². The third-order valence-corrected chi connectivity index (χ3v) is 1.04. The van der Waals surface area contributed by atoms with E-state index in [1.165, 1.54) is 0 Å². The minimum absolute atomic E-state index is 0.0602. The molecule has 0 amide bonds. The van der Waals surface area contributed by atoms with E-state index in [2.05, 4.69) is 0 Å². The fraction of sp³-hybridized carbons (Fsp3) is 0.500. The fourth-order valence-electron chi connectivity index (χ4n) is 0.459. The Kier molecular flexibility index (Phi) is 4.24. The number of carbonyl (C=O) groups excluding carboxylic acids is 3. The Labute approximate surface area is 62.6 Å². The molecule has 0 bridgehead atoms. The Morgan fingerprint density at radius 2 is 2.00 bits per heavy atom. The molecule has 0 aromatic carbocycles. The highest BCUT2D eigenvalue weighted by Gasteiger charge is 2.16. The minimum atomic E-state index is -1.60. The fourth-order valence-corrected chi connectivity index (χ4v) is 0.459. The van der Waals surface area contributed by atoms with Gasteiger partial charge in [-0.15, -0.1) is 0 Å². The molecule has 0 unspecified atom stereocenters. The van der Waals surface area contributed by atoms with Crippen molar-refractivity contribution in [2.45, 2.75) is 12.5 Å². The number of hydrogen-bond donors (Lipinski definition) is 2. The van der Waals surface area contributed by atoms with E-state index >= 15 is 0 Å². The Morgan fingerprint density at radius 1 is 1.45 bits per heavy atom. The zero-order valence-corrected chi connectivity index (χ0v) is 5.69. The standard InChI is InChI=1S/C6H8O5/c7-2-4(9)1-5(10)6(11)3-8/h3,5,7,10H,1-2H2/t5-/m0/s1.